The predicted molar refractivity (Wildman–Crippen MR) is 84.2 cm³/mol. The van der Waals surface area contributed by atoms with Crippen molar-refractivity contribution in [1.82, 2.24) is 10.6 Å². The molecule has 1 saturated carbocycles. The van der Waals surface area contributed by atoms with Crippen molar-refractivity contribution >= 4 is 11.6 Å². The summed E-state index contributed by atoms with van der Waals surface area (Å²) in [7, 11) is 0. The van der Waals surface area contributed by atoms with Gasteiger partial charge in [0.05, 0.1) is 5.69 Å². The van der Waals surface area contributed by atoms with Gasteiger partial charge in [0.2, 0.25) is 0 Å². The molecule has 1 aromatic carbocycles. The van der Waals surface area contributed by atoms with Crippen molar-refractivity contribution < 1.29 is 8.78 Å². The normalized spacial score (nSPS) is 22.0. The molecule has 1 saturated heterocycles. The van der Waals surface area contributed by atoms with Gasteiger partial charge in [-0.2, -0.15) is 0 Å². The molecule has 1 aliphatic heterocycles. The first-order valence-electron chi connectivity index (χ1n) is 7.93. The Balaban J connectivity index is 1.60. The number of rotatable bonds is 4. The van der Waals surface area contributed by atoms with Gasteiger partial charge in [-0.15, -0.1) is 0 Å². The van der Waals surface area contributed by atoms with E-state index in [1.807, 2.05) is 11.8 Å². The van der Waals surface area contributed by atoms with E-state index in [2.05, 4.69) is 15.6 Å². The zero-order chi connectivity index (χ0) is 15.5. The largest absolute Gasteiger partial charge is 0.367 e. The fourth-order valence-electron chi connectivity index (χ4n) is 2.74. The topological polar surface area (TPSA) is 39.7 Å². The van der Waals surface area contributed by atoms with Gasteiger partial charge in [-0.1, -0.05) is 0 Å². The molecule has 22 heavy (non-hydrogen) atoms. The Hall–Kier alpha value is -1.85. The number of hydrogen-bond acceptors (Lipinski definition) is 2. The third-order valence-electron chi connectivity index (χ3n) is 4.01. The van der Waals surface area contributed by atoms with E-state index in [1.165, 1.54) is 25.0 Å². The lowest BCUT2D eigenvalue weighted by atomic mass is 10.2. The van der Waals surface area contributed by atoms with E-state index >= 15 is 0 Å². The van der Waals surface area contributed by atoms with E-state index in [0.29, 0.717) is 18.3 Å². The van der Waals surface area contributed by atoms with Crippen LogP contribution in [0.1, 0.15) is 26.2 Å². The second-order valence-electron chi connectivity index (χ2n) is 5.91. The van der Waals surface area contributed by atoms with Crippen LogP contribution in [-0.4, -0.2) is 37.7 Å². The first-order chi connectivity index (χ1) is 10.7. The highest BCUT2D eigenvalue weighted by atomic mass is 19.1. The van der Waals surface area contributed by atoms with E-state index in [9.17, 15) is 8.78 Å². The molecule has 2 fully saturated rings. The summed E-state index contributed by atoms with van der Waals surface area (Å²) in [6.45, 7) is 4.18. The number of benzene rings is 1. The van der Waals surface area contributed by atoms with E-state index in [1.54, 1.807) is 0 Å². The number of hydrogen-bond donors (Lipinski definition) is 2. The molecule has 6 heteroatoms. The third-order valence-corrected chi connectivity index (χ3v) is 4.01. The zero-order valence-electron chi connectivity index (χ0n) is 12.8. The summed E-state index contributed by atoms with van der Waals surface area (Å²) >= 11 is 0. The summed E-state index contributed by atoms with van der Waals surface area (Å²) in [4.78, 5) is 6.40. The van der Waals surface area contributed by atoms with Crippen LogP contribution in [0, 0.1) is 11.6 Å². The number of guanidine groups is 1. The summed E-state index contributed by atoms with van der Waals surface area (Å²) in [5.74, 6) is -0.197. The summed E-state index contributed by atoms with van der Waals surface area (Å²) in [6, 6.07) is 4.52. The second kappa shape index (κ2) is 6.50. The maximum Gasteiger partial charge on any atom is 0.191 e. The van der Waals surface area contributed by atoms with Gasteiger partial charge in [-0.25, -0.2) is 8.78 Å². The highest BCUT2D eigenvalue weighted by Crippen LogP contribution is 2.24. The molecule has 4 nitrogen and oxygen atoms in total. The van der Waals surface area contributed by atoms with Gasteiger partial charge in [-0.3, -0.25) is 4.99 Å². The molecule has 1 aromatic rings. The monoisotopic (exact) mass is 308 g/mol. The van der Waals surface area contributed by atoms with E-state index < -0.39 is 11.6 Å². The van der Waals surface area contributed by atoms with Crippen LogP contribution >= 0.6 is 0 Å². The van der Waals surface area contributed by atoms with Crippen molar-refractivity contribution in [2.75, 3.05) is 24.5 Å². The minimum Gasteiger partial charge on any atom is -0.367 e. The summed E-state index contributed by atoms with van der Waals surface area (Å²) < 4.78 is 26.9. The average molecular weight is 308 g/mol. The van der Waals surface area contributed by atoms with Crippen LogP contribution in [0.15, 0.2) is 23.2 Å². The van der Waals surface area contributed by atoms with Crippen molar-refractivity contribution in [3.8, 4) is 0 Å². The zero-order valence-corrected chi connectivity index (χ0v) is 12.8. The number of halogens is 2. The molecule has 0 amide bonds. The number of aliphatic imine (C=N–C) groups is 1. The highest BCUT2D eigenvalue weighted by Gasteiger charge is 2.27. The lowest BCUT2D eigenvalue weighted by molar-refractivity contribution is 0.580. The van der Waals surface area contributed by atoms with Crippen molar-refractivity contribution in [2.24, 2.45) is 4.99 Å². The first kappa shape index (κ1) is 15.1. The predicted octanol–water partition coefficient (Wildman–Crippen LogP) is 2.26. The fraction of sp³-hybridized carbons (Fsp3) is 0.562. The minimum atomic E-state index is -0.541. The SMILES string of the molecule is CCN=C(NC1CC1)NC1CCN(c2ccc(F)cc2F)C1. The van der Waals surface area contributed by atoms with Gasteiger partial charge in [0.15, 0.2) is 5.96 Å². The Kier molecular flexibility index (Phi) is 4.45. The van der Waals surface area contributed by atoms with Gasteiger partial charge < -0.3 is 15.5 Å². The van der Waals surface area contributed by atoms with Crippen molar-refractivity contribution in [1.29, 1.82) is 0 Å². The van der Waals surface area contributed by atoms with Crippen LogP contribution in [0.4, 0.5) is 14.5 Å². The van der Waals surface area contributed by atoms with Gasteiger partial charge in [0.1, 0.15) is 11.6 Å². The molecule has 1 heterocycles. The smallest absolute Gasteiger partial charge is 0.191 e. The lowest BCUT2D eigenvalue weighted by Gasteiger charge is -2.21. The van der Waals surface area contributed by atoms with Crippen LogP contribution in [0.2, 0.25) is 0 Å². The molecule has 0 radical (unpaired) electrons. The van der Waals surface area contributed by atoms with Crippen LogP contribution in [0.25, 0.3) is 0 Å². The highest BCUT2D eigenvalue weighted by molar-refractivity contribution is 5.80. The molecule has 0 aromatic heterocycles. The molecule has 1 unspecified atom stereocenters. The molecule has 0 spiro atoms. The van der Waals surface area contributed by atoms with Gasteiger partial charge in [-0.05, 0) is 38.3 Å². The maximum atomic E-state index is 13.9. The van der Waals surface area contributed by atoms with Crippen molar-refractivity contribution in [2.45, 2.75) is 38.3 Å². The molecule has 1 atom stereocenters. The molecule has 2 aliphatic rings. The molecule has 0 bridgehead atoms. The molecule has 120 valence electrons. The van der Waals surface area contributed by atoms with Crippen LogP contribution < -0.4 is 15.5 Å². The third kappa shape index (κ3) is 3.67. The standard InChI is InChI=1S/C16H22F2N4/c1-2-19-16(20-12-4-5-12)21-13-7-8-22(10-13)15-6-3-11(17)9-14(15)18/h3,6,9,12-13H,2,4-5,7-8,10H2,1H3,(H2,19,20,21). The molecule has 1 aliphatic carbocycles. The van der Waals surface area contributed by atoms with E-state index in [0.717, 1.165) is 31.5 Å². The molecular formula is C16H22F2N4. The minimum absolute atomic E-state index is 0.223. The Morgan fingerprint density at radius 3 is 2.68 bits per heavy atom. The van der Waals surface area contributed by atoms with Crippen LogP contribution in [-0.2, 0) is 0 Å². The summed E-state index contributed by atoms with van der Waals surface area (Å²) in [5, 5.41) is 6.81. The Bertz CT molecular complexity index is 557. The van der Waals surface area contributed by atoms with Crippen LogP contribution in [0.3, 0.4) is 0 Å². The number of nitrogens with one attached hydrogen (secondary N) is 2. The number of anilines is 1. The Labute approximate surface area is 129 Å². The van der Waals surface area contributed by atoms with E-state index in [4.69, 9.17) is 0 Å². The summed E-state index contributed by atoms with van der Waals surface area (Å²) in [5.41, 5.74) is 0.467. The molecule has 3 rings (SSSR count). The fourth-order valence-corrected chi connectivity index (χ4v) is 2.74. The second-order valence-corrected chi connectivity index (χ2v) is 5.91. The molecular weight excluding hydrogens is 286 g/mol. The van der Waals surface area contributed by atoms with Crippen molar-refractivity contribution in [3.05, 3.63) is 29.8 Å². The van der Waals surface area contributed by atoms with Crippen molar-refractivity contribution in [3.63, 3.8) is 0 Å². The maximum absolute atomic E-state index is 13.9. The van der Waals surface area contributed by atoms with E-state index in [-0.39, 0.29) is 6.04 Å². The summed E-state index contributed by atoms with van der Waals surface area (Å²) in [6.07, 6.45) is 3.30. The Morgan fingerprint density at radius 1 is 1.23 bits per heavy atom. The lowest BCUT2D eigenvalue weighted by Crippen LogP contribution is -2.45. The number of nitrogens with zero attached hydrogens (tertiary/aromatic N) is 2. The molecule has 2 N–H and O–H groups in total. The van der Waals surface area contributed by atoms with Crippen LogP contribution in [0.5, 0.6) is 0 Å². The Morgan fingerprint density at radius 2 is 2.00 bits per heavy atom. The average Bonchev–Trinajstić information content (AvgIpc) is 3.16. The van der Waals surface area contributed by atoms with Gasteiger partial charge in [0, 0.05) is 37.8 Å². The van der Waals surface area contributed by atoms with Gasteiger partial charge in [0.25, 0.3) is 0 Å². The quantitative estimate of drug-likeness (QED) is 0.662. The first-order valence-corrected chi connectivity index (χ1v) is 7.93. The van der Waals surface area contributed by atoms with Gasteiger partial charge >= 0.3 is 0 Å².